The summed E-state index contributed by atoms with van der Waals surface area (Å²) >= 11 is 0. The van der Waals surface area contributed by atoms with E-state index < -0.39 is 0 Å². The lowest BCUT2D eigenvalue weighted by atomic mass is 9.93. The third-order valence-corrected chi connectivity index (χ3v) is 5.28. The number of nitrogens with zero attached hydrogens (tertiary/aromatic N) is 3. The van der Waals surface area contributed by atoms with E-state index in [1.165, 1.54) is 5.56 Å². The molecule has 5 nitrogen and oxygen atoms in total. The lowest BCUT2D eigenvalue weighted by Crippen LogP contribution is -2.33. The maximum absolute atomic E-state index is 12.2. The van der Waals surface area contributed by atoms with Gasteiger partial charge in [-0.25, -0.2) is 0 Å². The molecule has 1 aromatic rings. The number of hydrogen-bond acceptors (Lipinski definition) is 4. The first-order valence-electron chi connectivity index (χ1n) is 9.03. The first-order chi connectivity index (χ1) is 12.1. The first kappa shape index (κ1) is 17.6. The Morgan fingerprint density at radius 1 is 1.36 bits per heavy atom. The number of benzene rings is 1. The molecule has 5 heteroatoms. The zero-order valence-electron chi connectivity index (χ0n) is 14.8. The number of carbonyl (C=O) groups is 1. The van der Waals surface area contributed by atoms with E-state index in [4.69, 9.17) is 6.42 Å². The molecule has 1 amide bonds. The van der Waals surface area contributed by atoms with Gasteiger partial charge in [0.2, 0.25) is 5.91 Å². The van der Waals surface area contributed by atoms with Gasteiger partial charge in [-0.15, -0.1) is 12.3 Å². The predicted molar refractivity (Wildman–Crippen MR) is 97.8 cm³/mol. The van der Waals surface area contributed by atoms with Crippen molar-refractivity contribution in [2.75, 3.05) is 20.1 Å². The number of rotatable bonds is 8. The highest BCUT2D eigenvalue weighted by atomic mass is 16.1. The van der Waals surface area contributed by atoms with Gasteiger partial charge < -0.3 is 5.32 Å². The molecule has 1 N–H and O–H groups in total. The van der Waals surface area contributed by atoms with E-state index >= 15 is 0 Å². The summed E-state index contributed by atoms with van der Waals surface area (Å²) < 4.78 is 0. The van der Waals surface area contributed by atoms with Crippen LogP contribution in [-0.4, -0.2) is 36.6 Å². The molecular formula is C20H26N4O. The normalized spacial score (nSPS) is 24.0. The van der Waals surface area contributed by atoms with E-state index in [0.717, 1.165) is 19.4 Å². The number of likely N-dealkylation sites (tertiary alicyclic amines) is 1. The molecule has 1 fully saturated rings. The fourth-order valence-electron chi connectivity index (χ4n) is 3.73. The molecule has 2 aliphatic rings. The van der Waals surface area contributed by atoms with Gasteiger partial charge in [0.25, 0.3) is 0 Å². The second-order valence-electron chi connectivity index (χ2n) is 7.08. The summed E-state index contributed by atoms with van der Waals surface area (Å²) in [5.41, 5.74) is 0.953. The highest BCUT2D eigenvalue weighted by Crippen LogP contribution is 2.38. The Bertz CT molecular complexity index is 658. The molecule has 1 saturated heterocycles. The smallest absolute Gasteiger partial charge is 0.220 e. The van der Waals surface area contributed by atoms with Crippen molar-refractivity contribution in [3.05, 3.63) is 35.9 Å². The minimum Gasteiger partial charge on any atom is -0.356 e. The van der Waals surface area contributed by atoms with Gasteiger partial charge in [0.1, 0.15) is 0 Å². The van der Waals surface area contributed by atoms with E-state index in [9.17, 15) is 4.79 Å². The maximum Gasteiger partial charge on any atom is 0.220 e. The largest absolute Gasteiger partial charge is 0.356 e. The average Bonchev–Trinajstić information content (AvgIpc) is 3.32. The van der Waals surface area contributed by atoms with Crippen LogP contribution >= 0.6 is 0 Å². The monoisotopic (exact) mass is 338 g/mol. The second-order valence-corrected chi connectivity index (χ2v) is 7.08. The Balaban J connectivity index is 1.46. The van der Waals surface area contributed by atoms with E-state index in [1.54, 1.807) is 0 Å². The Morgan fingerprint density at radius 3 is 2.80 bits per heavy atom. The van der Waals surface area contributed by atoms with Gasteiger partial charge in [0.15, 0.2) is 5.66 Å². The SMILES string of the molecule is C#CCCC1(CCC(=O)NCC2CCN(C)C2c2ccccc2)N=N1. The summed E-state index contributed by atoms with van der Waals surface area (Å²) in [7, 11) is 2.16. The van der Waals surface area contributed by atoms with Gasteiger partial charge >= 0.3 is 0 Å². The molecule has 2 heterocycles. The standard InChI is InChI=1S/C20H26N4O/c1-3-4-12-20(22-23-20)13-10-18(25)21-15-17-11-14-24(2)19(17)16-8-6-5-7-9-16/h1,5-9,17,19H,4,10-15H2,2H3,(H,21,25). The predicted octanol–water partition coefficient (Wildman–Crippen LogP) is 3.15. The molecule has 0 radical (unpaired) electrons. The van der Waals surface area contributed by atoms with Crippen molar-refractivity contribution in [2.24, 2.45) is 16.1 Å². The van der Waals surface area contributed by atoms with Gasteiger partial charge in [-0.05, 0) is 31.5 Å². The van der Waals surface area contributed by atoms with Crippen LogP contribution in [-0.2, 0) is 4.79 Å². The number of hydrogen-bond donors (Lipinski definition) is 1. The van der Waals surface area contributed by atoms with Crippen LogP contribution in [0.2, 0.25) is 0 Å². The van der Waals surface area contributed by atoms with Gasteiger partial charge in [-0.2, -0.15) is 10.2 Å². The first-order valence-corrected chi connectivity index (χ1v) is 9.03. The summed E-state index contributed by atoms with van der Waals surface area (Å²) in [5, 5.41) is 11.3. The third kappa shape index (κ3) is 4.46. The molecular weight excluding hydrogens is 312 g/mol. The number of terminal acetylenes is 1. The minimum absolute atomic E-state index is 0.0822. The summed E-state index contributed by atoms with van der Waals surface area (Å²) in [6.07, 6.45) is 8.92. The Morgan fingerprint density at radius 2 is 2.12 bits per heavy atom. The van der Waals surface area contributed by atoms with Crippen LogP contribution in [0.25, 0.3) is 0 Å². The summed E-state index contributed by atoms with van der Waals surface area (Å²) in [4.78, 5) is 14.6. The van der Waals surface area contributed by atoms with Crippen LogP contribution in [0, 0.1) is 18.3 Å². The molecule has 2 unspecified atom stereocenters. The van der Waals surface area contributed by atoms with Crippen LogP contribution in [0.3, 0.4) is 0 Å². The van der Waals surface area contributed by atoms with Crippen LogP contribution < -0.4 is 5.32 Å². The number of carbonyl (C=O) groups excluding carboxylic acids is 1. The molecule has 0 bridgehead atoms. The van der Waals surface area contributed by atoms with Crippen molar-refractivity contribution in [1.29, 1.82) is 0 Å². The number of amides is 1. The molecule has 0 spiro atoms. The van der Waals surface area contributed by atoms with Gasteiger partial charge in [-0.3, -0.25) is 9.69 Å². The molecule has 2 aliphatic heterocycles. The van der Waals surface area contributed by atoms with Crippen LogP contribution in [0.1, 0.15) is 43.7 Å². The fraction of sp³-hybridized carbons (Fsp3) is 0.550. The summed E-state index contributed by atoms with van der Waals surface area (Å²) in [5.74, 6) is 3.14. The van der Waals surface area contributed by atoms with E-state index in [1.807, 2.05) is 6.07 Å². The highest BCUT2D eigenvalue weighted by molar-refractivity contribution is 5.76. The summed E-state index contributed by atoms with van der Waals surface area (Å²) in [6, 6.07) is 10.9. The lowest BCUT2D eigenvalue weighted by Gasteiger charge is -2.25. The van der Waals surface area contributed by atoms with Crippen molar-refractivity contribution in [3.8, 4) is 12.3 Å². The van der Waals surface area contributed by atoms with Crippen molar-refractivity contribution in [3.63, 3.8) is 0 Å². The molecule has 25 heavy (non-hydrogen) atoms. The van der Waals surface area contributed by atoms with Crippen LogP contribution in [0.4, 0.5) is 0 Å². The van der Waals surface area contributed by atoms with Crippen LogP contribution in [0.5, 0.6) is 0 Å². The molecule has 132 valence electrons. The second kappa shape index (κ2) is 7.79. The van der Waals surface area contributed by atoms with Crippen molar-refractivity contribution in [2.45, 2.75) is 43.8 Å². The molecule has 0 aromatic heterocycles. The van der Waals surface area contributed by atoms with Crippen LogP contribution in [0.15, 0.2) is 40.6 Å². The van der Waals surface area contributed by atoms with E-state index in [2.05, 4.69) is 57.7 Å². The molecule has 1 aromatic carbocycles. The third-order valence-electron chi connectivity index (χ3n) is 5.28. The summed E-state index contributed by atoms with van der Waals surface area (Å²) in [6.45, 7) is 1.78. The Hall–Kier alpha value is -2.19. The minimum atomic E-state index is -0.371. The van der Waals surface area contributed by atoms with Gasteiger partial charge in [-0.1, -0.05) is 30.3 Å². The number of nitrogens with one attached hydrogen (secondary N) is 1. The Labute approximate surface area is 149 Å². The molecule has 3 rings (SSSR count). The van der Waals surface area contributed by atoms with E-state index in [-0.39, 0.29) is 11.6 Å². The molecule has 0 aliphatic carbocycles. The van der Waals surface area contributed by atoms with Crippen molar-refractivity contribution in [1.82, 2.24) is 10.2 Å². The van der Waals surface area contributed by atoms with Gasteiger partial charge in [0, 0.05) is 38.3 Å². The molecule has 0 saturated carbocycles. The Kier molecular flexibility index (Phi) is 5.50. The maximum atomic E-state index is 12.2. The topological polar surface area (TPSA) is 57.1 Å². The van der Waals surface area contributed by atoms with Gasteiger partial charge in [0.05, 0.1) is 0 Å². The zero-order valence-corrected chi connectivity index (χ0v) is 14.8. The quantitative estimate of drug-likeness (QED) is 0.740. The average molecular weight is 338 g/mol. The fourth-order valence-corrected chi connectivity index (χ4v) is 3.73. The van der Waals surface area contributed by atoms with Crippen molar-refractivity contribution < 1.29 is 4.79 Å². The lowest BCUT2D eigenvalue weighted by molar-refractivity contribution is -0.121. The van der Waals surface area contributed by atoms with E-state index in [0.29, 0.717) is 37.8 Å². The van der Waals surface area contributed by atoms with Crippen molar-refractivity contribution >= 4 is 5.91 Å². The highest BCUT2D eigenvalue weighted by Gasteiger charge is 2.39. The zero-order chi connectivity index (χ0) is 17.7. The molecule has 2 atom stereocenters.